The minimum absolute atomic E-state index is 0.00976. The van der Waals surface area contributed by atoms with Gasteiger partial charge in [0.1, 0.15) is 0 Å². The van der Waals surface area contributed by atoms with Crippen LogP contribution in [0.25, 0.3) is 11.1 Å². The quantitative estimate of drug-likeness (QED) is 0.659. The van der Waals surface area contributed by atoms with Gasteiger partial charge in [-0.15, -0.1) is 0 Å². The van der Waals surface area contributed by atoms with Crippen molar-refractivity contribution >= 4 is 23.4 Å². The molecule has 0 aliphatic carbocycles. The zero-order valence-corrected chi connectivity index (χ0v) is 18.8. The molecule has 9 heteroatoms. The van der Waals surface area contributed by atoms with Crippen molar-refractivity contribution in [2.24, 2.45) is 13.0 Å². The SMILES string of the molecule is CC(C)CC(=O)N1c2ccc(-c3cnn(Cc4ccnn4C)c3)cc2N(C(=O)O)C[C@@H]1C. The van der Waals surface area contributed by atoms with E-state index < -0.39 is 6.09 Å². The lowest BCUT2D eigenvalue weighted by Gasteiger charge is -2.40. The van der Waals surface area contributed by atoms with E-state index in [4.69, 9.17) is 0 Å². The van der Waals surface area contributed by atoms with Gasteiger partial charge in [0.05, 0.1) is 35.9 Å². The van der Waals surface area contributed by atoms with Gasteiger partial charge in [0.15, 0.2) is 0 Å². The van der Waals surface area contributed by atoms with E-state index in [-0.39, 0.29) is 24.4 Å². The fraction of sp³-hybridized carbons (Fsp3) is 0.391. The minimum atomic E-state index is -1.03. The van der Waals surface area contributed by atoms with Crippen LogP contribution in [0, 0.1) is 5.92 Å². The van der Waals surface area contributed by atoms with Crippen molar-refractivity contribution in [3.63, 3.8) is 0 Å². The molecule has 1 atom stereocenters. The van der Waals surface area contributed by atoms with Gasteiger partial charge in [-0.3, -0.25) is 19.1 Å². The summed E-state index contributed by atoms with van der Waals surface area (Å²) in [6.07, 6.45) is 4.82. The number of carbonyl (C=O) groups excluding carboxylic acids is 1. The number of rotatable bonds is 5. The van der Waals surface area contributed by atoms with Gasteiger partial charge in [-0.05, 0) is 36.6 Å². The summed E-state index contributed by atoms with van der Waals surface area (Å²) < 4.78 is 3.62. The number of aryl methyl sites for hydroxylation is 1. The number of carbonyl (C=O) groups is 2. The average molecular weight is 437 g/mol. The molecular formula is C23H28N6O3. The van der Waals surface area contributed by atoms with Gasteiger partial charge in [-0.2, -0.15) is 10.2 Å². The Morgan fingerprint density at radius 1 is 1.16 bits per heavy atom. The van der Waals surface area contributed by atoms with E-state index in [9.17, 15) is 14.7 Å². The van der Waals surface area contributed by atoms with E-state index in [0.717, 1.165) is 16.8 Å². The lowest BCUT2D eigenvalue weighted by atomic mass is 10.0. The second-order valence-corrected chi connectivity index (χ2v) is 8.68. The number of benzene rings is 1. The second-order valence-electron chi connectivity index (χ2n) is 8.68. The molecule has 1 N–H and O–H groups in total. The van der Waals surface area contributed by atoms with Crippen LogP contribution in [-0.2, 0) is 18.4 Å². The van der Waals surface area contributed by atoms with Crippen molar-refractivity contribution < 1.29 is 14.7 Å². The van der Waals surface area contributed by atoms with Crippen molar-refractivity contribution in [3.8, 4) is 11.1 Å². The molecule has 0 fully saturated rings. The Bertz CT molecular complexity index is 1150. The molecule has 0 spiro atoms. The summed E-state index contributed by atoms with van der Waals surface area (Å²) in [5.41, 5.74) is 3.89. The largest absolute Gasteiger partial charge is 0.465 e. The number of nitrogens with zero attached hydrogens (tertiary/aromatic N) is 6. The molecule has 0 radical (unpaired) electrons. The summed E-state index contributed by atoms with van der Waals surface area (Å²) in [6.45, 7) is 6.70. The first-order valence-electron chi connectivity index (χ1n) is 10.7. The lowest BCUT2D eigenvalue weighted by molar-refractivity contribution is -0.119. The normalized spacial score (nSPS) is 15.8. The van der Waals surface area contributed by atoms with Gasteiger partial charge in [0, 0.05) is 38.0 Å². The summed E-state index contributed by atoms with van der Waals surface area (Å²) in [4.78, 5) is 28.0. The second kappa shape index (κ2) is 8.49. The number of anilines is 2. The number of carboxylic acid groups (broad SMARTS) is 1. The Labute approximate surface area is 186 Å². The predicted molar refractivity (Wildman–Crippen MR) is 122 cm³/mol. The van der Waals surface area contributed by atoms with E-state index in [0.29, 0.717) is 24.3 Å². The zero-order valence-electron chi connectivity index (χ0n) is 18.8. The summed E-state index contributed by atoms with van der Waals surface area (Å²) in [6, 6.07) is 7.29. The molecule has 9 nitrogen and oxygen atoms in total. The summed E-state index contributed by atoms with van der Waals surface area (Å²) >= 11 is 0. The van der Waals surface area contributed by atoms with Gasteiger partial charge in [-0.1, -0.05) is 19.9 Å². The van der Waals surface area contributed by atoms with Gasteiger partial charge in [0.2, 0.25) is 5.91 Å². The van der Waals surface area contributed by atoms with Gasteiger partial charge < -0.3 is 10.0 Å². The molecule has 32 heavy (non-hydrogen) atoms. The standard InChI is InChI=1S/C23H28N6O3/c1-15(2)9-22(30)29-16(3)12-28(23(31)32)21-10-17(5-6-20(21)29)18-11-25-27(13-18)14-19-7-8-24-26(19)4/h5-8,10-11,13,15-16H,9,12,14H2,1-4H3,(H,31,32)/t16-/m0/s1. The molecule has 1 aliphatic heterocycles. The first-order chi connectivity index (χ1) is 15.2. The third kappa shape index (κ3) is 4.10. The molecule has 3 aromatic rings. The van der Waals surface area contributed by atoms with Crippen LogP contribution >= 0.6 is 0 Å². The van der Waals surface area contributed by atoms with Crippen LogP contribution in [0.5, 0.6) is 0 Å². The number of amides is 2. The number of hydrogen-bond acceptors (Lipinski definition) is 4. The third-order valence-electron chi connectivity index (χ3n) is 5.71. The molecule has 168 valence electrons. The highest BCUT2D eigenvalue weighted by molar-refractivity contribution is 6.03. The Morgan fingerprint density at radius 3 is 2.59 bits per heavy atom. The van der Waals surface area contributed by atoms with Crippen LogP contribution in [0.4, 0.5) is 16.2 Å². The smallest absolute Gasteiger partial charge is 0.411 e. The summed E-state index contributed by atoms with van der Waals surface area (Å²) in [5, 5.41) is 18.4. The summed E-state index contributed by atoms with van der Waals surface area (Å²) in [7, 11) is 1.89. The molecule has 3 heterocycles. The fourth-order valence-electron chi connectivity index (χ4n) is 4.13. The van der Waals surface area contributed by atoms with Crippen LogP contribution in [0.15, 0.2) is 42.9 Å². The lowest BCUT2D eigenvalue weighted by Crippen LogP contribution is -2.51. The Morgan fingerprint density at radius 2 is 1.94 bits per heavy atom. The Hall–Kier alpha value is -3.62. The molecule has 0 saturated carbocycles. The van der Waals surface area contributed by atoms with Crippen LogP contribution in [0.1, 0.15) is 32.9 Å². The third-order valence-corrected chi connectivity index (χ3v) is 5.71. The maximum atomic E-state index is 12.9. The Balaban J connectivity index is 1.68. The highest BCUT2D eigenvalue weighted by atomic mass is 16.4. The predicted octanol–water partition coefficient (Wildman–Crippen LogP) is 3.60. The molecule has 2 aromatic heterocycles. The average Bonchev–Trinajstić information content (AvgIpc) is 3.36. The van der Waals surface area contributed by atoms with E-state index in [1.54, 1.807) is 22.0 Å². The van der Waals surface area contributed by atoms with Crippen molar-refractivity contribution in [2.45, 2.75) is 39.8 Å². The van der Waals surface area contributed by atoms with Crippen molar-refractivity contribution in [3.05, 3.63) is 48.5 Å². The first-order valence-corrected chi connectivity index (χ1v) is 10.7. The highest BCUT2D eigenvalue weighted by Gasteiger charge is 2.35. The number of fused-ring (bicyclic) bond motifs is 1. The molecule has 1 aliphatic rings. The minimum Gasteiger partial charge on any atom is -0.465 e. The molecule has 0 saturated heterocycles. The van der Waals surface area contributed by atoms with E-state index in [2.05, 4.69) is 10.2 Å². The molecular weight excluding hydrogens is 408 g/mol. The fourth-order valence-corrected chi connectivity index (χ4v) is 4.13. The van der Waals surface area contributed by atoms with Crippen LogP contribution in [0.3, 0.4) is 0 Å². The summed E-state index contributed by atoms with van der Waals surface area (Å²) in [5.74, 6) is 0.232. The number of aromatic nitrogens is 4. The van der Waals surface area contributed by atoms with E-state index >= 15 is 0 Å². The molecule has 0 unspecified atom stereocenters. The van der Waals surface area contributed by atoms with Gasteiger partial charge >= 0.3 is 6.09 Å². The highest BCUT2D eigenvalue weighted by Crippen LogP contribution is 2.39. The van der Waals surface area contributed by atoms with Crippen molar-refractivity contribution in [1.29, 1.82) is 0 Å². The van der Waals surface area contributed by atoms with Crippen molar-refractivity contribution in [1.82, 2.24) is 19.6 Å². The van der Waals surface area contributed by atoms with Gasteiger partial charge in [-0.25, -0.2) is 4.79 Å². The maximum absolute atomic E-state index is 12.9. The van der Waals surface area contributed by atoms with Crippen LogP contribution < -0.4 is 9.80 Å². The Kier molecular flexibility index (Phi) is 5.73. The molecule has 1 aromatic carbocycles. The maximum Gasteiger partial charge on any atom is 0.411 e. The van der Waals surface area contributed by atoms with Crippen molar-refractivity contribution in [2.75, 3.05) is 16.3 Å². The van der Waals surface area contributed by atoms with Crippen LogP contribution in [-0.4, -0.2) is 49.3 Å². The monoisotopic (exact) mass is 436 g/mol. The van der Waals surface area contributed by atoms with E-state index in [1.807, 2.05) is 63.0 Å². The molecule has 2 amide bonds. The number of hydrogen-bond donors (Lipinski definition) is 1. The topological polar surface area (TPSA) is 96.5 Å². The molecule has 0 bridgehead atoms. The first kappa shape index (κ1) is 21.6. The zero-order chi connectivity index (χ0) is 23.0. The van der Waals surface area contributed by atoms with E-state index in [1.165, 1.54) is 4.90 Å². The van der Waals surface area contributed by atoms with Crippen LogP contribution in [0.2, 0.25) is 0 Å². The van der Waals surface area contributed by atoms with Gasteiger partial charge in [0.25, 0.3) is 0 Å². The molecule has 4 rings (SSSR count).